The average Bonchev–Trinajstić information content (AvgIpc) is 3.99. The molecule has 0 aliphatic carbocycles. The number of benzene rings is 2. The summed E-state index contributed by atoms with van der Waals surface area (Å²) in [5.74, 6) is 2.03. The summed E-state index contributed by atoms with van der Waals surface area (Å²) < 4.78 is 39.5. The van der Waals surface area contributed by atoms with Gasteiger partial charge in [0.25, 0.3) is 11.8 Å². The predicted molar refractivity (Wildman–Crippen MR) is 308 cm³/mol. The predicted octanol–water partition coefficient (Wildman–Crippen LogP) is 11.2. The van der Waals surface area contributed by atoms with Crippen molar-refractivity contribution in [3.05, 3.63) is 120 Å². The molecule has 0 saturated carbocycles. The molecule has 0 saturated heterocycles. The Bertz CT molecular complexity index is 2290. The number of Topliss-reactive ketones (excluding diaryl/α,β-unsaturated/α-hetero) is 1. The van der Waals surface area contributed by atoms with E-state index >= 15 is 0 Å². The highest BCUT2D eigenvalue weighted by Gasteiger charge is 2.30. The van der Waals surface area contributed by atoms with Crippen molar-refractivity contribution in [2.75, 3.05) is 80.3 Å². The van der Waals surface area contributed by atoms with Crippen LogP contribution in [0.5, 0.6) is 23.0 Å². The first-order valence-corrected chi connectivity index (χ1v) is 26.5. The van der Waals surface area contributed by atoms with Gasteiger partial charge in [-0.3, -0.25) is 24.2 Å². The molecule has 77 heavy (non-hydrogen) atoms. The Morgan fingerprint density at radius 3 is 1.45 bits per heavy atom. The van der Waals surface area contributed by atoms with Crippen molar-refractivity contribution in [3.63, 3.8) is 0 Å². The number of amides is 2. The number of hydrogen-bond donors (Lipinski definition) is 0. The lowest BCUT2D eigenvalue weighted by atomic mass is 10.1. The zero-order valence-electron chi connectivity index (χ0n) is 48.2. The van der Waals surface area contributed by atoms with Gasteiger partial charge in [0.15, 0.2) is 41.3 Å². The Labute approximate surface area is 460 Å². The Morgan fingerprint density at radius 2 is 1.06 bits per heavy atom. The van der Waals surface area contributed by atoms with Crippen molar-refractivity contribution in [1.29, 1.82) is 0 Å². The fraction of sp³-hybridized carbons (Fsp3) is 0.508. The second kappa shape index (κ2) is 39.7. The number of ether oxygens (including phenoxy) is 7. The topological polar surface area (TPSA) is 172 Å². The number of rotatable bonds is 32. The number of unbranched alkanes of at least 4 members (excludes halogenated alkanes) is 2. The van der Waals surface area contributed by atoms with Crippen molar-refractivity contribution in [2.45, 2.75) is 126 Å². The number of allylic oxidation sites excluding steroid dienone is 2. The van der Waals surface area contributed by atoms with Gasteiger partial charge < -0.3 is 52.7 Å². The van der Waals surface area contributed by atoms with Crippen LogP contribution in [0, 0.1) is 13.8 Å². The van der Waals surface area contributed by atoms with E-state index < -0.39 is 0 Å². The number of nitrogens with zero attached hydrogens (tertiary/aromatic N) is 4. The van der Waals surface area contributed by atoms with Gasteiger partial charge in [-0.05, 0) is 154 Å². The first-order valence-electron chi connectivity index (χ1n) is 26.5. The molecular weight excluding hydrogens is 981 g/mol. The van der Waals surface area contributed by atoms with E-state index in [4.69, 9.17) is 33.2 Å². The maximum Gasteiger partial charge on any atom is 0.258 e. The van der Waals surface area contributed by atoms with Crippen LogP contribution in [0.3, 0.4) is 0 Å². The summed E-state index contributed by atoms with van der Waals surface area (Å²) in [6.07, 6.45) is 18.5. The van der Waals surface area contributed by atoms with E-state index in [0.29, 0.717) is 80.4 Å². The SMILES string of the molecule is C=CC1CC(C)=CN1C(=O)c1cc(OC)c(OCCCCCOc2cc(C)c(C(=O)N3C=C(C)CC3C=C)cc2OCN=C)cc1C.C=CN(C)CCOCCOCCOCCC.CC(=O)/C=C\C(C)=O.CCCC(C)=O. The summed E-state index contributed by atoms with van der Waals surface area (Å²) in [5.41, 5.74) is 5.00. The molecular formula is C61H90N4O12. The lowest BCUT2D eigenvalue weighted by Gasteiger charge is -2.23. The molecule has 0 spiro atoms. The molecule has 2 aromatic carbocycles. The van der Waals surface area contributed by atoms with Gasteiger partial charge >= 0.3 is 0 Å². The summed E-state index contributed by atoms with van der Waals surface area (Å²) in [7, 11) is 3.54. The molecule has 16 nitrogen and oxygen atoms in total. The van der Waals surface area contributed by atoms with Crippen LogP contribution in [0.2, 0.25) is 0 Å². The summed E-state index contributed by atoms with van der Waals surface area (Å²) in [6, 6.07) is 7.07. The standard InChI is InChI=1S/C38H47N3O6.C12H25NO3.C6H8O2.C5H10O/c1-9-29-16-25(3)22-40(29)37(42)31-20-33(44-8)34(18-27(31)5)45-14-12-11-13-15-46-35-19-28(6)32(21-36(35)47-24-39-7)38(43)41-23-26(4)17-30(41)10-2;1-4-7-14-9-11-16-12-10-15-8-6-13(3)5-2;1-5(7)3-4-6(2)8;1-3-4-5(2)6/h9-10,18-23,29-30H,1-2,7,11-17,24H2,3-6,8H3;5H,2,4,6-12H2,1,3H3;3-4H,1-2H3;3-4H2,1-2H3/b;;4-3-;. The monoisotopic (exact) mass is 1070 g/mol. The lowest BCUT2D eigenvalue weighted by Crippen LogP contribution is -2.31. The van der Waals surface area contributed by atoms with Crippen molar-refractivity contribution >= 4 is 35.9 Å². The van der Waals surface area contributed by atoms with Gasteiger partial charge in [-0.2, -0.15) is 0 Å². The highest BCUT2D eigenvalue weighted by molar-refractivity contribution is 5.99. The molecule has 4 rings (SSSR count). The Balaban J connectivity index is 0.000000803. The first kappa shape index (κ1) is 68.4. The largest absolute Gasteiger partial charge is 0.493 e. The minimum atomic E-state index is -0.111. The van der Waals surface area contributed by atoms with Gasteiger partial charge in [-0.25, -0.2) is 0 Å². The number of methoxy groups -OCH3 is 1. The highest BCUT2D eigenvalue weighted by atomic mass is 16.5. The molecule has 2 atom stereocenters. The van der Waals surface area contributed by atoms with Crippen LogP contribution in [0.1, 0.15) is 132 Å². The maximum atomic E-state index is 13.4. The molecule has 0 bridgehead atoms. The number of ketones is 3. The molecule has 2 aliphatic rings. The van der Waals surface area contributed by atoms with E-state index in [1.165, 1.54) is 26.0 Å². The van der Waals surface area contributed by atoms with E-state index in [1.54, 1.807) is 54.3 Å². The minimum Gasteiger partial charge on any atom is -0.493 e. The molecule has 2 aromatic rings. The highest BCUT2D eigenvalue weighted by Crippen LogP contribution is 2.35. The van der Waals surface area contributed by atoms with Crippen molar-refractivity contribution in [1.82, 2.24) is 14.7 Å². The molecule has 0 fully saturated rings. The summed E-state index contributed by atoms with van der Waals surface area (Å²) in [4.78, 5) is 66.3. The van der Waals surface area contributed by atoms with Gasteiger partial charge in [-0.1, -0.05) is 43.7 Å². The number of aryl methyl sites for hydroxylation is 2. The molecule has 426 valence electrons. The summed E-state index contributed by atoms with van der Waals surface area (Å²) in [5, 5.41) is 0. The second-order valence-corrected chi connectivity index (χ2v) is 18.6. The minimum absolute atomic E-state index is 0.0454. The molecule has 0 radical (unpaired) electrons. The van der Waals surface area contributed by atoms with Gasteiger partial charge in [0.1, 0.15) is 5.78 Å². The number of carbonyl (C=O) groups excluding carboxylic acids is 5. The van der Waals surface area contributed by atoms with E-state index in [9.17, 15) is 24.0 Å². The fourth-order valence-electron chi connectivity index (χ4n) is 7.43. The third-order valence-corrected chi connectivity index (χ3v) is 11.5. The first-order chi connectivity index (χ1) is 36.8. The summed E-state index contributed by atoms with van der Waals surface area (Å²) in [6.45, 7) is 37.2. The number of aliphatic imine (C=N–C) groups is 1. The van der Waals surface area contributed by atoms with E-state index in [0.717, 1.165) is 86.8 Å². The molecule has 0 N–H and O–H groups in total. The van der Waals surface area contributed by atoms with E-state index in [1.807, 2.05) is 71.1 Å². The van der Waals surface area contributed by atoms with Gasteiger partial charge in [0.05, 0.1) is 65.4 Å². The normalized spacial score (nSPS) is 14.3. The number of likely N-dealkylation sites (N-methyl/N-ethyl adjacent to an activating group) is 1. The van der Waals surface area contributed by atoms with Crippen LogP contribution in [-0.4, -0.2) is 143 Å². The molecule has 0 aromatic heterocycles. The third-order valence-electron chi connectivity index (χ3n) is 11.5. The molecule has 2 amide bonds. The van der Waals surface area contributed by atoms with Gasteiger partial charge in [0.2, 0.25) is 0 Å². The third kappa shape index (κ3) is 27.3. The lowest BCUT2D eigenvalue weighted by molar-refractivity contribution is -0.117. The zero-order valence-corrected chi connectivity index (χ0v) is 48.2. The van der Waals surface area contributed by atoms with Crippen LogP contribution in [0.15, 0.2) is 103 Å². The smallest absolute Gasteiger partial charge is 0.258 e. The Morgan fingerprint density at radius 1 is 0.623 bits per heavy atom. The Kier molecular flexibility index (Phi) is 35.3. The molecule has 2 heterocycles. The number of hydrogen-bond acceptors (Lipinski definition) is 14. The van der Waals surface area contributed by atoms with Gasteiger partial charge in [0, 0.05) is 50.1 Å². The Hall–Kier alpha value is -6.62. The van der Waals surface area contributed by atoms with Crippen molar-refractivity contribution < 1.29 is 57.1 Å². The quantitative estimate of drug-likeness (QED) is 0.0293. The van der Waals surface area contributed by atoms with Crippen molar-refractivity contribution in [2.24, 2.45) is 4.99 Å². The molecule has 2 unspecified atom stereocenters. The summed E-state index contributed by atoms with van der Waals surface area (Å²) >= 11 is 0. The van der Waals surface area contributed by atoms with Crippen LogP contribution < -0.4 is 18.9 Å². The van der Waals surface area contributed by atoms with Crippen molar-refractivity contribution in [3.8, 4) is 23.0 Å². The van der Waals surface area contributed by atoms with Crippen LogP contribution in [0.25, 0.3) is 0 Å². The van der Waals surface area contributed by atoms with Crippen LogP contribution in [-0.2, 0) is 28.6 Å². The van der Waals surface area contributed by atoms with Crippen LogP contribution in [0.4, 0.5) is 0 Å². The number of carbonyl (C=O) groups is 5. The maximum absolute atomic E-state index is 13.4. The van der Waals surface area contributed by atoms with Crippen LogP contribution >= 0.6 is 0 Å². The average molecular weight is 1070 g/mol. The fourth-order valence-corrected chi connectivity index (χ4v) is 7.43. The second-order valence-electron chi connectivity index (χ2n) is 18.6. The van der Waals surface area contributed by atoms with E-state index in [2.05, 4.69) is 38.4 Å². The van der Waals surface area contributed by atoms with E-state index in [-0.39, 0.29) is 48.0 Å². The zero-order chi connectivity index (χ0) is 57.7. The molecule has 2 aliphatic heterocycles. The van der Waals surface area contributed by atoms with Gasteiger partial charge in [-0.15, -0.1) is 13.2 Å². The molecule has 16 heteroatoms.